The number of piperidine rings is 1. The second-order valence-corrected chi connectivity index (χ2v) is 10.3. The largest absolute Gasteiger partial charge is 0.354 e. The zero-order chi connectivity index (χ0) is 22.8. The molecule has 3 aliphatic rings. The van der Waals surface area contributed by atoms with Gasteiger partial charge in [0, 0.05) is 49.8 Å². The second-order valence-electron chi connectivity index (χ2n) is 10.3. The lowest BCUT2D eigenvalue weighted by Crippen LogP contribution is -2.45. The van der Waals surface area contributed by atoms with Crippen LogP contribution in [0.25, 0.3) is 10.9 Å². The number of fused-ring (bicyclic) bond motifs is 1. The number of anilines is 2. The van der Waals surface area contributed by atoms with E-state index < -0.39 is 0 Å². The van der Waals surface area contributed by atoms with E-state index in [4.69, 9.17) is 4.98 Å². The number of benzene rings is 1. The van der Waals surface area contributed by atoms with Crippen molar-refractivity contribution in [2.75, 3.05) is 69.6 Å². The molecule has 178 valence electrons. The van der Waals surface area contributed by atoms with Gasteiger partial charge in [0.1, 0.15) is 5.82 Å². The summed E-state index contributed by atoms with van der Waals surface area (Å²) in [6.07, 6.45) is 5.10. The molecule has 0 atom stereocenters. The van der Waals surface area contributed by atoms with Gasteiger partial charge in [-0.25, -0.2) is 4.98 Å². The summed E-state index contributed by atoms with van der Waals surface area (Å²) < 4.78 is 0. The molecular formula is C26H38N6O. The number of hydrogen-bond acceptors (Lipinski definition) is 6. The first-order valence-corrected chi connectivity index (χ1v) is 12.6. The summed E-state index contributed by atoms with van der Waals surface area (Å²) in [7, 11) is 2.17. The third-order valence-electron chi connectivity index (χ3n) is 7.47. The minimum Gasteiger partial charge on any atom is -0.354 e. The van der Waals surface area contributed by atoms with Crippen molar-refractivity contribution in [1.82, 2.24) is 20.1 Å². The molecule has 2 N–H and O–H groups in total. The number of carbonyl (C=O) groups is 1. The van der Waals surface area contributed by atoms with Gasteiger partial charge in [0.15, 0.2) is 0 Å². The Morgan fingerprint density at radius 2 is 1.79 bits per heavy atom. The average molecular weight is 451 g/mol. The van der Waals surface area contributed by atoms with Gasteiger partial charge in [0.2, 0.25) is 5.91 Å². The Morgan fingerprint density at radius 1 is 1.03 bits per heavy atom. The molecule has 7 nitrogen and oxygen atoms in total. The molecule has 2 saturated heterocycles. The van der Waals surface area contributed by atoms with E-state index in [-0.39, 0.29) is 5.91 Å². The lowest BCUT2D eigenvalue weighted by molar-refractivity contribution is -0.115. The average Bonchev–Trinajstić information content (AvgIpc) is 3.63. The molecule has 0 radical (unpaired) electrons. The molecule has 3 fully saturated rings. The topological polar surface area (TPSA) is 63.7 Å². The number of aryl methyl sites for hydroxylation is 1. The molecule has 33 heavy (non-hydrogen) atoms. The first-order chi connectivity index (χ1) is 16.0. The van der Waals surface area contributed by atoms with Crippen molar-refractivity contribution in [2.45, 2.75) is 38.6 Å². The molecule has 0 unspecified atom stereocenters. The van der Waals surface area contributed by atoms with Crippen LogP contribution in [0.4, 0.5) is 11.5 Å². The fourth-order valence-electron chi connectivity index (χ4n) is 5.08. The predicted molar refractivity (Wildman–Crippen MR) is 135 cm³/mol. The van der Waals surface area contributed by atoms with Gasteiger partial charge in [-0.1, -0.05) is 0 Å². The van der Waals surface area contributed by atoms with Gasteiger partial charge < -0.3 is 25.3 Å². The highest BCUT2D eigenvalue weighted by molar-refractivity contribution is 5.95. The zero-order valence-electron chi connectivity index (χ0n) is 20.1. The molecule has 1 amide bonds. The highest BCUT2D eigenvalue weighted by Gasteiger charge is 2.27. The molecule has 2 aliphatic heterocycles. The molecule has 1 saturated carbocycles. The van der Waals surface area contributed by atoms with Gasteiger partial charge in [0.25, 0.3) is 0 Å². The number of aromatic nitrogens is 1. The number of nitrogens with one attached hydrogen (secondary N) is 2. The van der Waals surface area contributed by atoms with E-state index in [2.05, 4.69) is 51.4 Å². The molecule has 2 aromatic rings. The van der Waals surface area contributed by atoms with Crippen molar-refractivity contribution in [3.63, 3.8) is 0 Å². The Balaban J connectivity index is 1.14. The van der Waals surface area contributed by atoms with Gasteiger partial charge in [-0.15, -0.1) is 0 Å². The van der Waals surface area contributed by atoms with Gasteiger partial charge in [-0.05, 0) is 88.5 Å². The lowest BCUT2D eigenvalue weighted by Gasteiger charge is -2.33. The van der Waals surface area contributed by atoms with Crippen molar-refractivity contribution in [1.29, 1.82) is 0 Å². The van der Waals surface area contributed by atoms with Gasteiger partial charge in [0.05, 0.1) is 12.1 Å². The van der Waals surface area contributed by atoms with E-state index in [1.165, 1.54) is 24.9 Å². The Bertz CT molecular complexity index is 974. The summed E-state index contributed by atoms with van der Waals surface area (Å²) in [5, 5.41) is 7.64. The van der Waals surface area contributed by atoms with Crippen molar-refractivity contribution >= 4 is 28.3 Å². The van der Waals surface area contributed by atoms with E-state index in [9.17, 15) is 4.79 Å². The van der Waals surface area contributed by atoms with Crippen LogP contribution in [0, 0.1) is 12.8 Å². The van der Waals surface area contributed by atoms with E-state index >= 15 is 0 Å². The Morgan fingerprint density at radius 3 is 2.52 bits per heavy atom. The highest BCUT2D eigenvalue weighted by atomic mass is 16.1. The van der Waals surface area contributed by atoms with Crippen LogP contribution < -0.4 is 15.5 Å². The second kappa shape index (κ2) is 9.95. The SMILES string of the molecule is Cc1cc(N2CCN(C)CC2)nc2ccc(NC(=O)CNC3CCN(CC4CC4)CC3)cc12. The number of carbonyl (C=O) groups excluding carboxylic acids is 1. The summed E-state index contributed by atoms with van der Waals surface area (Å²) in [6, 6.07) is 8.68. The number of piperazine rings is 1. The Labute approximate surface area is 197 Å². The van der Waals surface area contributed by atoms with Crippen LogP contribution in [0.5, 0.6) is 0 Å². The molecule has 5 rings (SSSR count). The van der Waals surface area contributed by atoms with Gasteiger partial charge >= 0.3 is 0 Å². The van der Waals surface area contributed by atoms with E-state index in [0.717, 1.165) is 80.4 Å². The standard InChI is InChI=1S/C26H38N6O/c1-19-15-25(32-13-11-30(2)12-14-32)29-24-6-5-22(16-23(19)24)28-26(33)17-27-21-7-9-31(10-8-21)18-20-3-4-20/h5-6,15-16,20-21,27H,3-4,7-14,17-18H2,1-2H3,(H,28,33). The predicted octanol–water partition coefficient (Wildman–Crippen LogP) is 2.70. The first kappa shape index (κ1) is 22.6. The van der Waals surface area contributed by atoms with Crippen molar-refractivity contribution in [2.24, 2.45) is 5.92 Å². The summed E-state index contributed by atoms with van der Waals surface area (Å²) in [6.45, 7) is 10.2. The monoisotopic (exact) mass is 450 g/mol. The molecule has 1 aliphatic carbocycles. The molecule has 7 heteroatoms. The van der Waals surface area contributed by atoms with Crippen molar-refractivity contribution < 1.29 is 4.79 Å². The number of likely N-dealkylation sites (tertiary alicyclic amines) is 1. The Kier molecular flexibility index (Phi) is 6.81. The lowest BCUT2D eigenvalue weighted by atomic mass is 10.0. The molecule has 3 heterocycles. The minimum atomic E-state index is 0.0226. The summed E-state index contributed by atoms with van der Waals surface area (Å²) in [4.78, 5) is 24.8. The number of hydrogen-bond donors (Lipinski definition) is 2. The van der Waals surface area contributed by atoms with Gasteiger partial charge in [-0.3, -0.25) is 4.79 Å². The van der Waals surface area contributed by atoms with Crippen LogP contribution in [-0.4, -0.2) is 86.1 Å². The third-order valence-corrected chi connectivity index (χ3v) is 7.47. The first-order valence-electron chi connectivity index (χ1n) is 12.6. The number of rotatable bonds is 7. The molecule has 0 spiro atoms. The number of amides is 1. The van der Waals surface area contributed by atoms with Gasteiger partial charge in [-0.2, -0.15) is 0 Å². The summed E-state index contributed by atoms with van der Waals surface area (Å²) in [5.74, 6) is 2.03. The van der Waals surface area contributed by atoms with Crippen LogP contribution in [-0.2, 0) is 4.79 Å². The van der Waals surface area contributed by atoms with Crippen LogP contribution in [0.3, 0.4) is 0 Å². The normalized spacial score (nSPS) is 21.0. The molecule has 0 bridgehead atoms. The van der Waals surface area contributed by atoms with Crippen LogP contribution in [0.15, 0.2) is 24.3 Å². The smallest absolute Gasteiger partial charge is 0.238 e. The van der Waals surface area contributed by atoms with Crippen LogP contribution in [0.1, 0.15) is 31.2 Å². The zero-order valence-corrected chi connectivity index (χ0v) is 20.1. The van der Waals surface area contributed by atoms with E-state index in [1.54, 1.807) is 0 Å². The van der Waals surface area contributed by atoms with E-state index in [0.29, 0.717) is 12.6 Å². The quantitative estimate of drug-likeness (QED) is 0.676. The summed E-state index contributed by atoms with van der Waals surface area (Å²) >= 11 is 0. The van der Waals surface area contributed by atoms with Crippen LogP contribution in [0.2, 0.25) is 0 Å². The van der Waals surface area contributed by atoms with Crippen molar-refractivity contribution in [3.8, 4) is 0 Å². The maximum absolute atomic E-state index is 12.6. The molecule has 1 aromatic heterocycles. The highest BCUT2D eigenvalue weighted by Crippen LogP contribution is 2.30. The maximum atomic E-state index is 12.6. The molecular weight excluding hydrogens is 412 g/mol. The Hall–Kier alpha value is -2.22. The number of nitrogens with zero attached hydrogens (tertiary/aromatic N) is 4. The summed E-state index contributed by atoms with van der Waals surface area (Å²) in [5.41, 5.74) is 3.02. The number of pyridine rings is 1. The minimum absolute atomic E-state index is 0.0226. The third kappa shape index (κ3) is 5.83. The fourth-order valence-corrected chi connectivity index (χ4v) is 5.08. The van der Waals surface area contributed by atoms with E-state index in [1.807, 2.05) is 12.1 Å². The van der Waals surface area contributed by atoms with Crippen molar-refractivity contribution in [3.05, 3.63) is 29.8 Å². The van der Waals surface area contributed by atoms with Crippen LogP contribution >= 0.6 is 0 Å². The molecule has 1 aromatic carbocycles. The maximum Gasteiger partial charge on any atom is 0.238 e. The number of likely N-dealkylation sites (N-methyl/N-ethyl adjacent to an activating group) is 1. The fraction of sp³-hybridized carbons (Fsp3) is 0.615.